The minimum absolute atomic E-state index is 0.117. The van der Waals surface area contributed by atoms with Gasteiger partial charge in [-0.15, -0.1) is 0 Å². The van der Waals surface area contributed by atoms with Crippen LogP contribution in [-0.4, -0.2) is 7.11 Å². The predicted octanol–water partition coefficient (Wildman–Crippen LogP) is 2.68. The second-order valence-electron chi connectivity index (χ2n) is 3.68. The summed E-state index contributed by atoms with van der Waals surface area (Å²) in [4.78, 5) is 0. The molecule has 2 rings (SSSR count). The van der Waals surface area contributed by atoms with Crippen molar-refractivity contribution in [3.63, 3.8) is 0 Å². The number of hydrogen-bond donors (Lipinski definition) is 1. The fourth-order valence-corrected chi connectivity index (χ4v) is 2.31. The van der Waals surface area contributed by atoms with Crippen LogP contribution in [0.3, 0.4) is 0 Å². The highest BCUT2D eigenvalue weighted by Gasteiger charge is 2.19. The van der Waals surface area contributed by atoms with Crippen molar-refractivity contribution in [2.45, 2.75) is 25.3 Å². The first kappa shape index (κ1) is 9.81. The fraction of sp³-hybridized carbons (Fsp3) is 0.455. The van der Waals surface area contributed by atoms with Gasteiger partial charge in [-0.05, 0) is 42.5 Å². The second kappa shape index (κ2) is 3.79. The molecule has 14 heavy (non-hydrogen) atoms. The van der Waals surface area contributed by atoms with Crippen molar-refractivity contribution in [3.05, 3.63) is 28.3 Å². The Morgan fingerprint density at radius 2 is 2.29 bits per heavy atom. The SMILES string of the molecule is COc1cc(Cl)c2c(c1)[C@@H](N)CCC2. The van der Waals surface area contributed by atoms with Gasteiger partial charge in [-0.3, -0.25) is 0 Å². The quantitative estimate of drug-likeness (QED) is 0.775. The Morgan fingerprint density at radius 1 is 1.50 bits per heavy atom. The third-order valence-corrected chi connectivity index (χ3v) is 3.12. The predicted molar refractivity (Wildman–Crippen MR) is 57.9 cm³/mol. The minimum Gasteiger partial charge on any atom is -0.497 e. The minimum atomic E-state index is 0.117. The Balaban J connectivity index is 2.51. The zero-order valence-corrected chi connectivity index (χ0v) is 8.97. The molecule has 0 aromatic heterocycles. The van der Waals surface area contributed by atoms with Crippen molar-refractivity contribution >= 4 is 11.6 Å². The van der Waals surface area contributed by atoms with Gasteiger partial charge >= 0.3 is 0 Å². The molecule has 1 aliphatic rings. The van der Waals surface area contributed by atoms with Gasteiger partial charge in [-0.1, -0.05) is 11.6 Å². The number of fused-ring (bicyclic) bond motifs is 1. The maximum Gasteiger partial charge on any atom is 0.120 e. The van der Waals surface area contributed by atoms with Gasteiger partial charge in [0, 0.05) is 11.1 Å². The molecule has 1 aromatic rings. The van der Waals surface area contributed by atoms with Gasteiger partial charge in [-0.2, -0.15) is 0 Å². The summed E-state index contributed by atoms with van der Waals surface area (Å²) in [5.74, 6) is 0.797. The summed E-state index contributed by atoms with van der Waals surface area (Å²) in [5, 5.41) is 0.787. The highest BCUT2D eigenvalue weighted by Crippen LogP contribution is 2.35. The summed E-state index contributed by atoms with van der Waals surface area (Å²) in [6.45, 7) is 0. The molecule has 2 N–H and O–H groups in total. The van der Waals surface area contributed by atoms with E-state index in [0.29, 0.717) is 0 Å². The maximum atomic E-state index is 6.16. The van der Waals surface area contributed by atoms with E-state index in [2.05, 4.69) is 0 Å². The van der Waals surface area contributed by atoms with E-state index < -0.39 is 0 Å². The number of nitrogens with two attached hydrogens (primary N) is 1. The molecule has 2 nitrogen and oxygen atoms in total. The Kier molecular flexibility index (Phi) is 2.66. The lowest BCUT2D eigenvalue weighted by atomic mass is 9.88. The number of rotatable bonds is 1. The van der Waals surface area contributed by atoms with Crippen molar-refractivity contribution in [3.8, 4) is 5.75 Å². The highest BCUT2D eigenvalue weighted by molar-refractivity contribution is 6.31. The summed E-state index contributed by atoms with van der Waals surface area (Å²) in [6, 6.07) is 3.98. The van der Waals surface area contributed by atoms with Crippen LogP contribution in [0.2, 0.25) is 5.02 Å². The third-order valence-electron chi connectivity index (χ3n) is 2.78. The Bertz CT molecular complexity index is 351. The van der Waals surface area contributed by atoms with Crippen molar-refractivity contribution in [2.75, 3.05) is 7.11 Å². The van der Waals surface area contributed by atoms with E-state index in [1.54, 1.807) is 7.11 Å². The molecule has 1 atom stereocenters. The number of methoxy groups -OCH3 is 1. The van der Waals surface area contributed by atoms with Gasteiger partial charge in [0.15, 0.2) is 0 Å². The number of hydrogen-bond acceptors (Lipinski definition) is 2. The largest absolute Gasteiger partial charge is 0.497 e. The first-order chi connectivity index (χ1) is 6.72. The molecule has 0 spiro atoms. The van der Waals surface area contributed by atoms with Crippen LogP contribution in [0.15, 0.2) is 12.1 Å². The smallest absolute Gasteiger partial charge is 0.120 e. The fourth-order valence-electron chi connectivity index (χ4n) is 2.00. The number of benzene rings is 1. The van der Waals surface area contributed by atoms with Gasteiger partial charge in [0.2, 0.25) is 0 Å². The molecule has 0 heterocycles. The Labute approximate surface area is 89.0 Å². The average Bonchev–Trinajstić information content (AvgIpc) is 2.19. The van der Waals surface area contributed by atoms with Crippen LogP contribution >= 0.6 is 11.6 Å². The van der Waals surface area contributed by atoms with E-state index in [1.807, 2.05) is 12.1 Å². The molecule has 0 fully saturated rings. The van der Waals surface area contributed by atoms with E-state index in [-0.39, 0.29) is 6.04 Å². The van der Waals surface area contributed by atoms with Crippen LogP contribution < -0.4 is 10.5 Å². The van der Waals surface area contributed by atoms with Gasteiger partial charge in [-0.25, -0.2) is 0 Å². The summed E-state index contributed by atoms with van der Waals surface area (Å²) in [6.07, 6.45) is 3.20. The summed E-state index contributed by atoms with van der Waals surface area (Å²) in [7, 11) is 1.65. The van der Waals surface area contributed by atoms with Crippen LogP contribution in [0.5, 0.6) is 5.75 Å². The zero-order valence-electron chi connectivity index (χ0n) is 8.22. The van der Waals surface area contributed by atoms with Crippen LogP contribution in [0.1, 0.15) is 30.0 Å². The first-order valence-electron chi connectivity index (χ1n) is 4.84. The van der Waals surface area contributed by atoms with Crippen molar-refractivity contribution in [1.82, 2.24) is 0 Å². The van der Waals surface area contributed by atoms with E-state index >= 15 is 0 Å². The van der Waals surface area contributed by atoms with Gasteiger partial charge in [0.25, 0.3) is 0 Å². The summed E-state index contributed by atoms with van der Waals surface area (Å²) >= 11 is 6.16. The van der Waals surface area contributed by atoms with Crippen molar-refractivity contribution < 1.29 is 4.74 Å². The topological polar surface area (TPSA) is 35.2 Å². The molecule has 1 aliphatic carbocycles. The molecule has 0 aliphatic heterocycles. The molecule has 0 saturated carbocycles. The van der Waals surface area contributed by atoms with E-state index in [9.17, 15) is 0 Å². The lowest BCUT2D eigenvalue weighted by molar-refractivity contribution is 0.412. The maximum absolute atomic E-state index is 6.16. The molecule has 0 radical (unpaired) electrons. The lowest BCUT2D eigenvalue weighted by Crippen LogP contribution is -2.17. The standard InChI is InChI=1S/C11H14ClNO/c1-14-7-5-9-8(10(12)6-7)3-2-4-11(9)13/h5-6,11H,2-4,13H2,1H3/t11-/m0/s1. The monoisotopic (exact) mass is 211 g/mol. The van der Waals surface area contributed by atoms with E-state index in [1.165, 1.54) is 5.56 Å². The second-order valence-corrected chi connectivity index (χ2v) is 4.08. The Morgan fingerprint density at radius 3 is 3.00 bits per heavy atom. The lowest BCUT2D eigenvalue weighted by Gasteiger charge is -2.23. The summed E-state index contributed by atoms with van der Waals surface area (Å²) in [5.41, 5.74) is 8.38. The van der Waals surface area contributed by atoms with E-state index in [0.717, 1.165) is 35.6 Å². The van der Waals surface area contributed by atoms with E-state index in [4.69, 9.17) is 22.1 Å². The first-order valence-corrected chi connectivity index (χ1v) is 5.22. The zero-order chi connectivity index (χ0) is 10.1. The molecule has 0 saturated heterocycles. The normalized spacial score (nSPS) is 20.4. The van der Waals surface area contributed by atoms with Crippen molar-refractivity contribution in [1.29, 1.82) is 0 Å². The van der Waals surface area contributed by atoms with Gasteiger partial charge in [0.1, 0.15) is 5.75 Å². The molecule has 0 unspecified atom stereocenters. The molecule has 0 bridgehead atoms. The molecular formula is C11H14ClNO. The van der Waals surface area contributed by atoms with Gasteiger partial charge in [0.05, 0.1) is 7.11 Å². The number of ether oxygens (including phenoxy) is 1. The average molecular weight is 212 g/mol. The number of halogens is 1. The molecule has 0 amide bonds. The third kappa shape index (κ3) is 1.60. The van der Waals surface area contributed by atoms with Crippen LogP contribution in [0, 0.1) is 0 Å². The van der Waals surface area contributed by atoms with Crippen molar-refractivity contribution in [2.24, 2.45) is 5.73 Å². The van der Waals surface area contributed by atoms with Crippen LogP contribution in [0.25, 0.3) is 0 Å². The molecule has 76 valence electrons. The highest BCUT2D eigenvalue weighted by atomic mass is 35.5. The van der Waals surface area contributed by atoms with Gasteiger partial charge < -0.3 is 10.5 Å². The Hall–Kier alpha value is -0.730. The molecule has 3 heteroatoms. The van der Waals surface area contributed by atoms with Crippen LogP contribution in [0.4, 0.5) is 0 Å². The van der Waals surface area contributed by atoms with Crippen LogP contribution in [-0.2, 0) is 6.42 Å². The summed E-state index contributed by atoms with van der Waals surface area (Å²) < 4.78 is 5.17. The molecule has 1 aromatic carbocycles. The molecular weight excluding hydrogens is 198 g/mol.